The van der Waals surface area contributed by atoms with Crippen LogP contribution in [0.2, 0.25) is 0 Å². The van der Waals surface area contributed by atoms with Gasteiger partial charge >= 0.3 is 6.18 Å². The van der Waals surface area contributed by atoms with Crippen molar-refractivity contribution in [3.63, 3.8) is 0 Å². The summed E-state index contributed by atoms with van der Waals surface area (Å²) in [5.74, 6) is -0.830. The van der Waals surface area contributed by atoms with E-state index in [1.807, 2.05) is 19.1 Å². The number of aromatic nitrogens is 2. The molecule has 1 aliphatic rings. The third kappa shape index (κ3) is 3.40. The van der Waals surface area contributed by atoms with Gasteiger partial charge in [0.25, 0.3) is 5.91 Å². The number of amides is 1. The van der Waals surface area contributed by atoms with Crippen LogP contribution in [-0.4, -0.2) is 15.7 Å². The van der Waals surface area contributed by atoms with Crippen molar-refractivity contribution in [3.05, 3.63) is 76.6 Å². The SMILES string of the molecule is Cc1ccc(-n2ncc(C(=O)Nc3ccc4c(c3)CCC4)c2C(F)(F)F)cc1. The van der Waals surface area contributed by atoms with Crippen LogP contribution in [0.15, 0.2) is 48.7 Å². The van der Waals surface area contributed by atoms with Gasteiger partial charge < -0.3 is 5.32 Å². The standard InChI is InChI=1S/C21H18F3N3O/c1-13-5-9-17(10-6-13)27-19(21(22,23)24)18(12-25-27)20(28)26-16-8-7-14-3-2-4-15(14)11-16/h5-12H,2-4H2,1H3,(H,26,28). The quantitative estimate of drug-likeness (QED) is 0.694. The monoisotopic (exact) mass is 385 g/mol. The number of carbonyl (C=O) groups excluding carboxylic acids is 1. The van der Waals surface area contributed by atoms with Gasteiger partial charge in [-0.25, -0.2) is 4.68 Å². The number of aryl methyl sites for hydroxylation is 3. The summed E-state index contributed by atoms with van der Waals surface area (Å²) in [6.45, 7) is 1.84. The summed E-state index contributed by atoms with van der Waals surface area (Å²) < 4.78 is 42.0. The van der Waals surface area contributed by atoms with Crippen molar-refractivity contribution in [2.45, 2.75) is 32.4 Å². The molecular weight excluding hydrogens is 367 g/mol. The summed E-state index contributed by atoms with van der Waals surface area (Å²) in [6.07, 6.45) is -0.811. The zero-order chi connectivity index (χ0) is 19.9. The molecule has 0 bridgehead atoms. The molecule has 1 aliphatic carbocycles. The lowest BCUT2D eigenvalue weighted by molar-refractivity contribution is -0.143. The van der Waals surface area contributed by atoms with Gasteiger partial charge in [0.15, 0.2) is 5.69 Å². The van der Waals surface area contributed by atoms with E-state index >= 15 is 0 Å². The summed E-state index contributed by atoms with van der Waals surface area (Å²) in [6, 6.07) is 11.9. The fourth-order valence-electron chi connectivity index (χ4n) is 3.52. The molecule has 0 radical (unpaired) electrons. The van der Waals surface area contributed by atoms with Gasteiger partial charge in [-0.05, 0) is 61.6 Å². The van der Waals surface area contributed by atoms with Crippen LogP contribution >= 0.6 is 0 Å². The van der Waals surface area contributed by atoms with Crippen LogP contribution in [0.4, 0.5) is 18.9 Å². The summed E-state index contributed by atoms with van der Waals surface area (Å²) >= 11 is 0. The maximum atomic E-state index is 13.7. The Morgan fingerprint density at radius 3 is 2.50 bits per heavy atom. The third-order valence-corrected chi connectivity index (χ3v) is 4.92. The van der Waals surface area contributed by atoms with Crippen LogP contribution in [-0.2, 0) is 19.0 Å². The van der Waals surface area contributed by atoms with Crippen molar-refractivity contribution >= 4 is 11.6 Å². The van der Waals surface area contributed by atoms with Gasteiger partial charge in [0.2, 0.25) is 0 Å². The molecule has 4 nitrogen and oxygen atoms in total. The fourth-order valence-corrected chi connectivity index (χ4v) is 3.52. The molecule has 0 aliphatic heterocycles. The first-order chi connectivity index (χ1) is 13.3. The molecule has 1 aromatic heterocycles. The van der Waals surface area contributed by atoms with Crippen LogP contribution in [0.25, 0.3) is 5.69 Å². The Balaban J connectivity index is 1.69. The van der Waals surface area contributed by atoms with Crippen molar-refractivity contribution in [1.82, 2.24) is 9.78 Å². The molecule has 1 N–H and O–H groups in total. The second kappa shape index (κ2) is 6.82. The van der Waals surface area contributed by atoms with E-state index in [1.54, 1.807) is 30.3 Å². The van der Waals surface area contributed by atoms with E-state index in [4.69, 9.17) is 0 Å². The first-order valence-electron chi connectivity index (χ1n) is 8.98. The Bertz CT molecular complexity index is 1040. The van der Waals surface area contributed by atoms with E-state index in [0.717, 1.165) is 41.3 Å². The maximum absolute atomic E-state index is 13.7. The lowest BCUT2D eigenvalue weighted by Gasteiger charge is -2.13. The number of benzene rings is 2. The van der Waals surface area contributed by atoms with E-state index in [-0.39, 0.29) is 5.69 Å². The van der Waals surface area contributed by atoms with Gasteiger partial charge in [0, 0.05) is 5.69 Å². The molecular formula is C21H18F3N3O. The number of hydrogen-bond acceptors (Lipinski definition) is 2. The van der Waals surface area contributed by atoms with Crippen LogP contribution < -0.4 is 5.32 Å². The van der Waals surface area contributed by atoms with E-state index in [1.165, 1.54) is 5.56 Å². The average Bonchev–Trinajstić information content (AvgIpc) is 3.28. The van der Waals surface area contributed by atoms with Gasteiger partial charge in [-0.2, -0.15) is 18.3 Å². The lowest BCUT2D eigenvalue weighted by Crippen LogP contribution is -2.20. The van der Waals surface area contributed by atoms with Gasteiger partial charge in [-0.3, -0.25) is 4.79 Å². The van der Waals surface area contributed by atoms with Crippen molar-refractivity contribution in [2.24, 2.45) is 0 Å². The molecule has 0 spiro atoms. The number of rotatable bonds is 3. The summed E-state index contributed by atoms with van der Waals surface area (Å²) in [5, 5.41) is 6.42. The van der Waals surface area contributed by atoms with Crippen molar-refractivity contribution in [1.29, 1.82) is 0 Å². The second-order valence-corrected chi connectivity index (χ2v) is 6.94. The highest BCUT2D eigenvalue weighted by molar-refractivity contribution is 6.05. The Morgan fingerprint density at radius 1 is 1.07 bits per heavy atom. The molecule has 1 amide bonds. The Hall–Kier alpha value is -3.09. The minimum Gasteiger partial charge on any atom is -0.322 e. The summed E-state index contributed by atoms with van der Waals surface area (Å²) in [4.78, 5) is 12.6. The predicted molar refractivity (Wildman–Crippen MR) is 99.7 cm³/mol. The molecule has 2 aromatic carbocycles. The van der Waals surface area contributed by atoms with Crippen LogP contribution in [0.1, 0.15) is 39.2 Å². The molecule has 3 aromatic rings. The number of nitrogens with one attached hydrogen (secondary N) is 1. The molecule has 0 saturated carbocycles. The molecule has 0 unspecified atom stereocenters. The van der Waals surface area contributed by atoms with Gasteiger partial charge in [0.05, 0.1) is 17.4 Å². The maximum Gasteiger partial charge on any atom is 0.434 e. The number of alkyl halides is 3. The van der Waals surface area contributed by atoms with E-state index < -0.39 is 23.3 Å². The molecule has 28 heavy (non-hydrogen) atoms. The summed E-state index contributed by atoms with van der Waals surface area (Å²) in [5.41, 5.74) is 2.41. The molecule has 144 valence electrons. The Kier molecular flexibility index (Phi) is 4.45. The molecule has 0 atom stereocenters. The normalized spacial score (nSPS) is 13.4. The van der Waals surface area contributed by atoms with Crippen molar-refractivity contribution in [2.75, 3.05) is 5.32 Å². The highest BCUT2D eigenvalue weighted by Gasteiger charge is 2.40. The first kappa shape index (κ1) is 18.3. The lowest BCUT2D eigenvalue weighted by atomic mass is 10.1. The number of nitrogens with zero attached hydrogens (tertiary/aromatic N) is 2. The molecule has 7 heteroatoms. The highest BCUT2D eigenvalue weighted by Crippen LogP contribution is 2.34. The van der Waals surface area contributed by atoms with Crippen molar-refractivity contribution < 1.29 is 18.0 Å². The minimum absolute atomic E-state index is 0.245. The first-order valence-corrected chi connectivity index (χ1v) is 8.98. The van der Waals surface area contributed by atoms with E-state index in [9.17, 15) is 18.0 Å². The number of anilines is 1. The topological polar surface area (TPSA) is 46.9 Å². The number of fused-ring (bicyclic) bond motifs is 1. The van der Waals surface area contributed by atoms with Gasteiger partial charge in [-0.1, -0.05) is 23.8 Å². The van der Waals surface area contributed by atoms with E-state index in [2.05, 4.69) is 10.4 Å². The summed E-state index contributed by atoms with van der Waals surface area (Å²) in [7, 11) is 0. The third-order valence-electron chi connectivity index (χ3n) is 4.92. The fraction of sp³-hybridized carbons (Fsp3) is 0.238. The minimum atomic E-state index is -4.73. The highest BCUT2D eigenvalue weighted by atomic mass is 19.4. The zero-order valence-electron chi connectivity index (χ0n) is 15.2. The predicted octanol–water partition coefficient (Wildman–Crippen LogP) is 4.94. The second-order valence-electron chi connectivity index (χ2n) is 6.94. The number of halogens is 3. The largest absolute Gasteiger partial charge is 0.434 e. The zero-order valence-corrected chi connectivity index (χ0v) is 15.2. The van der Waals surface area contributed by atoms with Crippen LogP contribution in [0.3, 0.4) is 0 Å². The smallest absolute Gasteiger partial charge is 0.322 e. The Labute approximate surface area is 160 Å². The van der Waals surface area contributed by atoms with Crippen LogP contribution in [0.5, 0.6) is 0 Å². The van der Waals surface area contributed by atoms with Gasteiger partial charge in [0.1, 0.15) is 0 Å². The number of hydrogen-bond donors (Lipinski definition) is 1. The molecule has 1 heterocycles. The average molecular weight is 385 g/mol. The molecule has 4 rings (SSSR count). The van der Waals surface area contributed by atoms with Gasteiger partial charge in [-0.15, -0.1) is 0 Å². The number of carbonyl (C=O) groups is 1. The molecule has 0 saturated heterocycles. The van der Waals surface area contributed by atoms with Crippen LogP contribution in [0, 0.1) is 6.92 Å². The Morgan fingerprint density at radius 2 is 1.79 bits per heavy atom. The van der Waals surface area contributed by atoms with Crippen molar-refractivity contribution in [3.8, 4) is 5.69 Å². The molecule has 0 fully saturated rings. The van der Waals surface area contributed by atoms with E-state index in [0.29, 0.717) is 5.69 Å².